The first kappa shape index (κ1) is 52.3. The maximum atomic E-state index is 12.5. The third kappa shape index (κ3) is 36.7. The van der Waals surface area contributed by atoms with Crippen molar-refractivity contribution in [1.82, 2.24) is 5.32 Å². The summed E-state index contributed by atoms with van der Waals surface area (Å²) in [6, 6.07) is -0.979. The largest absolute Gasteiger partial charge is 0.394 e. The highest BCUT2D eigenvalue weighted by Crippen LogP contribution is 2.18. The zero-order valence-electron chi connectivity index (χ0n) is 35.8. The van der Waals surface area contributed by atoms with Gasteiger partial charge in [-0.1, -0.05) is 251 Å². The van der Waals surface area contributed by atoms with E-state index in [2.05, 4.69) is 19.2 Å². The van der Waals surface area contributed by atoms with Crippen LogP contribution in [0.15, 0.2) is 0 Å². The third-order valence-corrected chi connectivity index (χ3v) is 11.6. The van der Waals surface area contributed by atoms with Gasteiger partial charge in [0.05, 0.1) is 18.8 Å². The van der Waals surface area contributed by atoms with E-state index < -0.39 is 36.9 Å². The topological polar surface area (TPSA) is 110 Å². The van der Waals surface area contributed by atoms with Gasteiger partial charge in [0.1, 0.15) is 12.2 Å². The van der Waals surface area contributed by atoms with Crippen molar-refractivity contribution in [2.24, 2.45) is 0 Å². The summed E-state index contributed by atoms with van der Waals surface area (Å²) in [5.41, 5.74) is 0. The highest BCUT2D eigenvalue weighted by atomic mass is 16.3. The second kappa shape index (κ2) is 42.5. The Morgan fingerprint density at radius 2 is 0.642 bits per heavy atom. The normalized spacial score (nSPS) is 14.0. The first-order valence-electron chi connectivity index (χ1n) is 23.9. The lowest BCUT2D eigenvalue weighted by molar-refractivity contribution is -0.132. The zero-order chi connectivity index (χ0) is 38.9. The van der Waals surface area contributed by atoms with Gasteiger partial charge in [-0.05, 0) is 12.8 Å². The van der Waals surface area contributed by atoms with Gasteiger partial charge in [-0.25, -0.2) is 0 Å². The Balaban J connectivity index is 3.64. The average molecular weight is 754 g/mol. The number of unbranched alkanes of at least 4 members (excludes halogenated alkanes) is 35. The van der Waals surface area contributed by atoms with E-state index >= 15 is 0 Å². The lowest BCUT2D eigenvalue weighted by Gasteiger charge is -2.27. The number of nitrogens with one attached hydrogen (secondary N) is 1. The number of carbonyl (C=O) groups excluding carboxylic acids is 1. The Kier molecular flexibility index (Phi) is 41.9. The van der Waals surface area contributed by atoms with E-state index in [1.807, 2.05) is 0 Å². The summed E-state index contributed by atoms with van der Waals surface area (Å²) in [5, 5.41) is 43.8. The Labute approximate surface area is 330 Å². The molecule has 318 valence electrons. The van der Waals surface area contributed by atoms with E-state index in [-0.39, 0.29) is 0 Å². The zero-order valence-corrected chi connectivity index (χ0v) is 35.8. The van der Waals surface area contributed by atoms with Crippen molar-refractivity contribution in [1.29, 1.82) is 0 Å². The Hall–Kier alpha value is -0.690. The predicted octanol–water partition coefficient (Wildman–Crippen LogP) is 12.8. The molecule has 0 saturated carbocycles. The molecule has 6 heteroatoms. The van der Waals surface area contributed by atoms with Gasteiger partial charge in [0, 0.05) is 0 Å². The van der Waals surface area contributed by atoms with E-state index in [4.69, 9.17) is 0 Å². The van der Waals surface area contributed by atoms with Gasteiger partial charge in [-0.3, -0.25) is 4.79 Å². The predicted molar refractivity (Wildman–Crippen MR) is 228 cm³/mol. The average Bonchev–Trinajstić information content (AvgIpc) is 3.16. The Morgan fingerprint density at radius 3 is 0.906 bits per heavy atom. The molecule has 5 N–H and O–H groups in total. The molecule has 0 aromatic rings. The van der Waals surface area contributed by atoms with Gasteiger partial charge in [-0.15, -0.1) is 0 Å². The van der Waals surface area contributed by atoms with Crippen LogP contribution < -0.4 is 5.32 Å². The summed E-state index contributed by atoms with van der Waals surface area (Å²) in [5.74, 6) is -0.578. The minimum atomic E-state index is -1.25. The molecule has 0 saturated heterocycles. The number of rotatable bonds is 44. The van der Waals surface area contributed by atoms with Gasteiger partial charge < -0.3 is 25.7 Å². The van der Waals surface area contributed by atoms with E-state index in [0.29, 0.717) is 12.8 Å². The summed E-state index contributed by atoms with van der Waals surface area (Å²) < 4.78 is 0. The molecule has 0 spiro atoms. The van der Waals surface area contributed by atoms with Crippen LogP contribution in [0.2, 0.25) is 0 Å². The summed E-state index contributed by atoms with van der Waals surface area (Å²) in [6.07, 6.45) is 45.7. The van der Waals surface area contributed by atoms with Crippen molar-refractivity contribution >= 4 is 5.91 Å². The SMILES string of the molecule is CCCCCCCCCCCCCCCCCCCCCCCCC(O)C(=O)NC(CO)C(O)C(O)CCCCCCCCCCCCCCCCC. The lowest BCUT2D eigenvalue weighted by Crippen LogP contribution is -2.53. The summed E-state index contributed by atoms with van der Waals surface area (Å²) in [7, 11) is 0. The molecule has 0 fully saturated rings. The molecule has 0 aromatic heterocycles. The first-order valence-corrected chi connectivity index (χ1v) is 23.9. The Morgan fingerprint density at radius 1 is 0.396 bits per heavy atom. The van der Waals surface area contributed by atoms with Crippen molar-refractivity contribution in [3.63, 3.8) is 0 Å². The van der Waals surface area contributed by atoms with Gasteiger partial charge in [0.25, 0.3) is 0 Å². The molecule has 0 rings (SSSR count). The number of amides is 1. The van der Waals surface area contributed by atoms with E-state index in [0.717, 1.165) is 38.5 Å². The molecule has 0 aliphatic heterocycles. The molecule has 0 bridgehead atoms. The van der Waals surface area contributed by atoms with Crippen molar-refractivity contribution in [2.45, 2.75) is 289 Å². The summed E-state index contributed by atoms with van der Waals surface area (Å²) in [4.78, 5) is 12.5. The molecule has 4 atom stereocenters. The monoisotopic (exact) mass is 754 g/mol. The maximum absolute atomic E-state index is 12.5. The first-order chi connectivity index (χ1) is 26.0. The van der Waals surface area contributed by atoms with Crippen LogP contribution >= 0.6 is 0 Å². The highest BCUT2D eigenvalue weighted by molar-refractivity contribution is 5.80. The van der Waals surface area contributed by atoms with Crippen molar-refractivity contribution in [3.05, 3.63) is 0 Å². The van der Waals surface area contributed by atoms with Crippen LogP contribution in [-0.2, 0) is 4.79 Å². The molecule has 53 heavy (non-hydrogen) atoms. The maximum Gasteiger partial charge on any atom is 0.249 e. The van der Waals surface area contributed by atoms with Crippen LogP contribution in [0.1, 0.15) is 264 Å². The fourth-order valence-electron chi connectivity index (χ4n) is 7.76. The molecule has 4 unspecified atom stereocenters. The second-order valence-corrected chi connectivity index (χ2v) is 16.8. The van der Waals surface area contributed by atoms with Gasteiger partial charge >= 0.3 is 0 Å². The van der Waals surface area contributed by atoms with Crippen LogP contribution in [0.3, 0.4) is 0 Å². The lowest BCUT2D eigenvalue weighted by atomic mass is 9.99. The molecule has 0 radical (unpaired) electrons. The van der Waals surface area contributed by atoms with Crippen LogP contribution in [0.5, 0.6) is 0 Å². The molecular weight excluding hydrogens is 659 g/mol. The standard InChI is InChI=1S/C47H95NO5/c1-3-5-7-9-11-13-15-17-19-20-21-22-23-24-25-27-29-31-33-35-37-39-41-45(51)47(53)48-43(42-49)46(52)44(50)40-38-36-34-32-30-28-26-18-16-14-12-10-8-6-4-2/h43-46,49-52H,3-42H2,1-2H3,(H,48,53). The number of hydrogen-bond acceptors (Lipinski definition) is 5. The molecule has 1 amide bonds. The molecule has 0 heterocycles. The minimum absolute atomic E-state index is 0.376. The quantitative estimate of drug-likeness (QED) is 0.0398. The number of carbonyl (C=O) groups is 1. The number of aliphatic hydroxyl groups is 4. The molecular formula is C47H95NO5. The summed E-state index contributed by atoms with van der Waals surface area (Å²) in [6.45, 7) is 4.07. The van der Waals surface area contributed by atoms with Gasteiger partial charge in [-0.2, -0.15) is 0 Å². The molecule has 0 aliphatic rings. The number of hydrogen-bond donors (Lipinski definition) is 5. The Bertz CT molecular complexity index is 721. The number of aliphatic hydroxyl groups excluding tert-OH is 4. The minimum Gasteiger partial charge on any atom is -0.394 e. The van der Waals surface area contributed by atoms with Crippen LogP contribution in [0.4, 0.5) is 0 Å². The van der Waals surface area contributed by atoms with Crippen LogP contribution in [0.25, 0.3) is 0 Å². The molecule has 6 nitrogen and oxygen atoms in total. The van der Waals surface area contributed by atoms with Crippen molar-refractivity contribution in [3.8, 4) is 0 Å². The van der Waals surface area contributed by atoms with E-state index in [1.54, 1.807) is 0 Å². The second-order valence-electron chi connectivity index (χ2n) is 16.8. The van der Waals surface area contributed by atoms with Gasteiger partial charge in [0.2, 0.25) is 5.91 Å². The van der Waals surface area contributed by atoms with E-state index in [9.17, 15) is 25.2 Å². The fraction of sp³-hybridized carbons (Fsp3) is 0.979. The van der Waals surface area contributed by atoms with Crippen molar-refractivity contribution in [2.75, 3.05) is 6.61 Å². The molecule has 0 aliphatic carbocycles. The van der Waals surface area contributed by atoms with Crippen molar-refractivity contribution < 1.29 is 25.2 Å². The molecule has 0 aromatic carbocycles. The third-order valence-electron chi connectivity index (χ3n) is 11.6. The fourth-order valence-corrected chi connectivity index (χ4v) is 7.76. The van der Waals surface area contributed by atoms with Crippen LogP contribution in [-0.4, -0.2) is 57.3 Å². The van der Waals surface area contributed by atoms with Crippen LogP contribution in [0, 0.1) is 0 Å². The highest BCUT2D eigenvalue weighted by Gasteiger charge is 2.28. The smallest absolute Gasteiger partial charge is 0.249 e. The van der Waals surface area contributed by atoms with E-state index in [1.165, 1.54) is 199 Å². The summed E-state index contributed by atoms with van der Waals surface area (Å²) >= 11 is 0. The van der Waals surface area contributed by atoms with Gasteiger partial charge in [0.15, 0.2) is 0 Å².